The highest BCUT2D eigenvalue weighted by molar-refractivity contribution is 6.22. The predicted molar refractivity (Wildman–Crippen MR) is 106 cm³/mol. The fourth-order valence-corrected chi connectivity index (χ4v) is 4.40. The number of imide groups is 1. The molecule has 1 saturated heterocycles. The van der Waals surface area contributed by atoms with Gasteiger partial charge in [-0.15, -0.1) is 0 Å². The molecule has 6 nitrogen and oxygen atoms in total. The molecule has 0 radical (unpaired) electrons. The van der Waals surface area contributed by atoms with Gasteiger partial charge in [0.05, 0.1) is 23.7 Å². The van der Waals surface area contributed by atoms with Gasteiger partial charge in [-0.05, 0) is 36.5 Å². The highest BCUT2D eigenvalue weighted by Crippen LogP contribution is 2.37. The van der Waals surface area contributed by atoms with E-state index in [0.717, 1.165) is 18.4 Å². The van der Waals surface area contributed by atoms with E-state index < -0.39 is 17.4 Å². The number of likely N-dealkylation sites (tertiary alicyclic amines) is 1. The van der Waals surface area contributed by atoms with Crippen LogP contribution in [-0.4, -0.2) is 35.6 Å². The van der Waals surface area contributed by atoms with Crippen LogP contribution in [0.15, 0.2) is 48.5 Å². The normalized spacial score (nSPS) is 21.3. The van der Waals surface area contributed by atoms with Crippen LogP contribution in [0.3, 0.4) is 0 Å². The molecule has 0 aliphatic carbocycles. The molecule has 4 rings (SSSR count). The topological polar surface area (TPSA) is 90.3 Å². The number of nitrogens with one attached hydrogen (secondary N) is 1. The molecule has 1 fully saturated rings. The van der Waals surface area contributed by atoms with Crippen LogP contribution in [0, 0.1) is 11.3 Å². The molecule has 1 unspecified atom stereocenters. The van der Waals surface area contributed by atoms with Crippen molar-refractivity contribution in [3.8, 4) is 6.07 Å². The first kappa shape index (κ1) is 19.0. The van der Waals surface area contributed by atoms with Crippen molar-refractivity contribution in [3.05, 3.63) is 70.8 Å². The first-order chi connectivity index (χ1) is 14.0. The standard InChI is InChI=1S/C23H21N3O3/c24-15-23(17-8-2-1-3-9-17)11-4-5-12-26(23)14-18(27)13-16-7-6-10-19-20(16)22(29)25-21(19)28/h1-3,6-10H,4-5,11-14H2,(H,25,28,29). The number of carbonyl (C=O) groups is 3. The maximum atomic E-state index is 12.9. The quantitative estimate of drug-likeness (QED) is 0.797. The maximum Gasteiger partial charge on any atom is 0.259 e. The maximum absolute atomic E-state index is 12.9. The van der Waals surface area contributed by atoms with E-state index in [9.17, 15) is 19.6 Å². The van der Waals surface area contributed by atoms with Gasteiger partial charge in [-0.25, -0.2) is 0 Å². The second-order valence-corrected chi connectivity index (χ2v) is 7.56. The number of hydrogen-bond acceptors (Lipinski definition) is 5. The summed E-state index contributed by atoms with van der Waals surface area (Å²) in [5.41, 5.74) is 1.24. The number of ketones is 1. The Bertz CT molecular complexity index is 1030. The lowest BCUT2D eigenvalue weighted by Crippen LogP contribution is -2.50. The molecule has 2 aliphatic heterocycles. The van der Waals surface area contributed by atoms with E-state index in [4.69, 9.17) is 0 Å². The van der Waals surface area contributed by atoms with Gasteiger partial charge in [0.15, 0.2) is 5.78 Å². The van der Waals surface area contributed by atoms with Gasteiger partial charge in [-0.2, -0.15) is 5.26 Å². The number of hydrogen-bond donors (Lipinski definition) is 1. The Morgan fingerprint density at radius 1 is 1.07 bits per heavy atom. The molecule has 0 saturated carbocycles. The number of fused-ring (bicyclic) bond motifs is 1. The molecule has 2 aromatic carbocycles. The van der Waals surface area contributed by atoms with Gasteiger partial charge in [0.2, 0.25) is 0 Å². The fourth-order valence-electron chi connectivity index (χ4n) is 4.40. The summed E-state index contributed by atoms with van der Waals surface area (Å²) in [6.45, 7) is 0.793. The number of amides is 2. The highest BCUT2D eigenvalue weighted by Gasteiger charge is 2.41. The minimum absolute atomic E-state index is 0.0523. The molecule has 146 valence electrons. The Labute approximate surface area is 169 Å². The van der Waals surface area contributed by atoms with Crippen LogP contribution in [0.2, 0.25) is 0 Å². The van der Waals surface area contributed by atoms with Gasteiger partial charge >= 0.3 is 0 Å². The third-order valence-corrected chi connectivity index (χ3v) is 5.80. The van der Waals surface area contributed by atoms with Gasteiger partial charge in [0, 0.05) is 13.0 Å². The van der Waals surface area contributed by atoms with Crippen LogP contribution in [0.4, 0.5) is 0 Å². The van der Waals surface area contributed by atoms with Crippen molar-refractivity contribution in [3.63, 3.8) is 0 Å². The highest BCUT2D eigenvalue weighted by atomic mass is 16.2. The van der Waals surface area contributed by atoms with Crippen LogP contribution >= 0.6 is 0 Å². The van der Waals surface area contributed by atoms with Crippen molar-refractivity contribution in [1.82, 2.24) is 10.2 Å². The minimum Gasteiger partial charge on any atom is -0.298 e. The van der Waals surface area contributed by atoms with Gasteiger partial charge in [-0.3, -0.25) is 24.6 Å². The Hall–Kier alpha value is -3.30. The SMILES string of the molecule is N#CC1(c2ccccc2)CCCCN1CC(=O)Cc1cccc2c1C(=O)NC2=O. The van der Waals surface area contributed by atoms with E-state index in [0.29, 0.717) is 29.7 Å². The van der Waals surface area contributed by atoms with Crippen molar-refractivity contribution >= 4 is 17.6 Å². The summed E-state index contributed by atoms with van der Waals surface area (Å²) in [5.74, 6) is -0.965. The van der Waals surface area contributed by atoms with Crippen LogP contribution in [0.25, 0.3) is 0 Å². The lowest BCUT2D eigenvalue weighted by molar-refractivity contribution is -0.121. The van der Waals surface area contributed by atoms with Crippen molar-refractivity contribution in [2.75, 3.05) is 13.1 Å². The second-order valence-electron chi connectivity index (χ2n) is 7.56. The number of Topliss-reactive ketones (excluding diaryl/α,β-unsaturated/α-hetero) is 1. The predicted octanol–water partition coefficient (Wildman–Crippen LogP) is 2.59. The third-order valence-electron chi connectivity index (χ3n) is 5.80. The largest absolute Gasteiger partial charge is 0.298 e. The average Bonchev–Trinajstić information content (AvgIpc) is 3.04. The van der Waals surface area contributed by atoms with Gasteiger partial charge in [-0.1, -0.05) is 42.5 Å². The van der Waals surface area contributed by atoms with E-state index in [-0.39, 0.29) is 18.7 Å². The number of nitrogens with zero attached hydrogens (tertiary/aromatic N) is 2. The molecule has 6 heteroatoms. The molecule has 0 bridgehead atoms. The molecule has 0 aromatic heterocycles. The molecule has 1 atom stereocenters. The summed E-state index contributed by atoms with van der Waals surface area (Å²) in [6.07, 6.45) is 2.60. The van der Waals surface area contributed by atoms with E-state index in [1.54, 1.807) is 18.2 Å². The first-order valence-corrected chi connectivity index (χ1v) is 9.76. The Balaban J connectivity index is 1.58. The Morgan fingerprint density at radius 2 is 1.86 bits per heavy atom. The smallest absolute Gasteiger partial charge is 0.259 e. The summed E-state index contributed by atoms with van der Waals surface area (Å²) in [4.78, 5) is 38.9. The third kappa shape index (κ3) is 3.34. The summed E-state index contributed by atoms with van der Waals surface area (Å²) in [7, 11) is 0. The number of benzene rings is 2. The van der Waals surface area contributed by atoms with E-state index >= 15 is 0 Å². The summed E-state index contributed by atoms with van der Waals surface area (Å²) >= 11 is 0. The zero-order chi connectivity index (χ0) is 20.4. The molecular weight excluding hydrogens is 366 g/mol. The van der Waals surface area contributed by atoms with E-state index in [1.807, 2.05) is 35.2 Å². The molecule has 2 heterocycles. The number of carbonyl (C=O) groups excluding carboxylic acids is 3. The number of piperidine rings is 1. The molecule has 1 N–H and O–H groups in total. The van der Waals surface area contributed by atoms with Crippen molar-refractivity contribution in [2.45, 2.75) is 31.2 Å². The van der Waals surface area contributed by atoms with Gasteiger partial charge in [0.25, 0.3) is 11.8 Å². The van der Waals surface area contributed by atoms with Crippen LogP contribution in [0.5, 0.6) is 0 Å². The molecule has 2 aliphatic rings. The first-order valence-electron chi connectivity index (χ1n) is 9.76. The van der Waals surface area contributed by atoms with Gasteiger partial charge < -0.3 is 0 Å². The van der Waals surface area contributed by atoms with Crippen LogP contribution < -0.4 is 5.32 Å². The van der Waals surface area contributed by atoms with E-state index in [1.165, 1.54) is 0 Å². The van der Waals surface area contributed by atoms with Crippen LogP contribution in [0.1, 0.15) is 51.1 Å². The zero-order valence-electron chi connectivity index (χ0n) is 16.0. The molecule has 2 amide bonds. The summed E-state index contributed by atoms with van der Waals surface area (Å²) in [5, 5.41) is 12.3. The Kier molecular flexibility index (Phi) is 4.99. The van der Waals surface area contributed by atoms with E-state index in [2.05, 4.69) is 11.4 Å². The number of nitriles is 1. The molecule has 0 spiro atoms. The lowest BCUT2D eigenvalue weighted by Gasteiger charge is -2.42. The van der Waals surface area contributed by atoms with Gasteiger partial charge in [0.1, 0.15) is 5.54 Å². The van der Waals surface area contributed by atoms with Crippen LogP contribution in [-0.2, 0) is 16.8 Å². The Morgan fingerprint density at radius 3 is 2.62 bits per heavy atom. The van der Waals surface area contributed by atoms with Crippen molar-refractivity contribution in [2.24, 2.45) is 0 Å². The monoisotopic (exact) mass is 387 g/mol. The second kappa shape index (κ2) is 7.61. The fraction of sp³-hybridized carbons (Fsp3) is 0.304. The molecule has 29 heavy (non-hydrogen) atoms. The number of rotatable bonds is 5. The van der Waals surface area contributed by atoms with Crippen molar-refractivity contribution < 1.29 is 14.4 Å². The molecule has 2 aromatic rings. The average molecular weight is 387 g/mol. The summed E-state index contributed by atoms with van der Waals surface area (Å²) in [6, 6.07) is 17.1. The summed E-state index contributed by atoms with van der Waals surface area (Å²) < 4.78 is 0. The lowest BCUT2D eigenvalue weighted by atomic mass is 9.81. The zero-order valence-corrected chi connectivity index (χ0v) is 16.0. The van der Waals surface area contributed by atoms with Crippen molar-refractivity contribution in [1.29, 1.82) is 5.26 Å². The molecular formula is C23H21N3O3. The minimum atomic E-state index is -0.818.